The molecule has 2 rings (SSSR count). The standard InChI is InChI=1S/C19H28O/c1-2-3-4-8-12-18-13-9-14-19(20-18)16-15-17-10-6-5-7-11-17/h5-7,9-11,14,18-19H,2-4,8,12-13,15-16H2,1H3/t18-,19-/m0/s1. The maximum absolute atomic E-state index is 6.20. The Balaban J connectivity index is 1.68. The maximum Gasteiger partial charge on any atom is 0.0762 e. The van der Waals surface area contributed by atoms with Gasteiger partial charge in [-0.3, -0.25) is 0 Å². The molecule has 1 heteroatoms. The van der Waals surface area contributed by atoms with Gasteiger partial charge in [-0.25, -0.2) is 0 Å². The SMILES string of the molecule is CCCCCC[C@H]1CC=C[C@@H](CCc2ccccc2)O1. The van der Waals surface area contributed by atoms with E-state index in [4.69, 9.17) is 4.74 Å². The van der Waals surface area contributed by atoms with Gasteiger partial charge in [-0.15, -0.1) is 0 Å². The second-order valence-electron chi connectivity index (χ2n) is 5.83. The topological polar surface area (TPSA) is 9.23 Å². The average Bonchev–Trinajstić information content (AvgIpc) is 2.51. The number of benzene rings is 1. The zero-order valence-electron chi connectivity index (χ0n) is 12.8. The van der Waals surface area contributed by atoms with Crippen molar-refractivity contribution < 1.29 is 4.74 Å². The second kappa shape index (κ2) is 8.97. The number of hydrogen-bond acceptors (Lipinski definition) is 1. The van der Waals surface area contributed by atoms with Crippen molar-refractivity contribution in [2.45, 2.75) is 70.5 Å². The number of hydrogen-bond donors (Lipinski definition) is 0. The Kier molecular flexibility index (Phi) is 6.86. The first-order chi connectivity index (χ1) is 9.88. The van der Waals surface area contributed by atoms with Crippen molar-refractivity contribution in [1.82, 2.24) is 0 Å². The van der Waals surface area contributed by atoms with Crippen molar-refractivity contribution >= 4 is 0 Å². The van der Waals surface area contributed by atoms with Crippen molar-refractivity contribution in [3.63, 3.8) is 0 Å². The molecule has 0 saturated carbocycles. The number of ether oxygens (including phenoxy) is 1. The van der Waals surface area contributed by atoms with E-state index in [-0.39, 0.29) is 0 Å². The number of aryl methyl sites for hydroxylation is 1. The summed E-state index contributed by atoms with van der Waals surface area (Å²) in [7, 11) is 0. The highest BCUT2D eigenvalue weighted by Crippen LogP contribution is 2.21. The lowest BCUT2D eigenvalue weighted by molar-refractivity contribution is -0.00307. The molecule has 0 radical (unpaired) electrons. The third-order valence-electron chi connectivity index (χ3n) is 4.06. The smallest absolute Gasteiger partial charge is 0.0762 e. The zero-order valence-corrected chi connectivity index (χ0v) is 12.8. The molecule has 0 aromatic heterocycles. The first kappa shape index (κ1) is 15.3. The molecule has 0 N–H and O–H groups in total. The van der Waals surface area contributed by atoms with Crippen LogP contribution >= 0.6 is 0 Å². The maximum atomic E-state index is 6.20. The first-order valence-corrected chi connectivity index (χ1v) is 8.24. The summed E-state index contributed by atoms with van der Waals surface area (Å²) in [5, 5.41) is 0. The van der Waals surface area contributed by atoms with Crippen LogP contribution in [-0.4, -0.2) is 12.2 Å². The molecule has 110 valence electrons. The van der Waals surface area contributed by atoms with Gasteiger partial charge >= 0.3 is 0 Å². The predicted molar refractivity (Wildman–Crippen MR) is 85.9 cm³/mol. The van der Waals surface area contributed by atoms with E-state index in [1.807, 2.05) is 0 Å². The van der Waals surface area contributed by atoms with Crippen LogP contribution in [0.3, 0.4) is 0 Å². The second-order valence-corrected chi connectivity index (χ2v) is 5.83. The summed E-state index contributed by atoms with van der Waals surface area (Å²) in [4.78, 5) is 0. The highest BCUT2D eigenvalue weighted by Gasteiger charge is 2.17. The van der Waals surface area contributed by atoms with Gasteiger partial charge in [0.15, 0.2) is 0 Å². The summed E-state index contributed by atoms with van der Waals surface area (Å²) in [6.45, 7) is 2.26. The largest absolute Gasteiger partial charge is 0.371 e. The van der Waals surface area contributed by atoms with Gasteiger partial charge < -0.3 is 4.74 Å². The van der Waals surface area contributed by atoms with Crippen LogP contribution in [0.4, 0.5) is 0 Å². The molecule has 0 aliphatic carbocycles. The lowest BCUT2D eigenvalue weighted by atomic mass is 10.0. The fourth-order valence-corrected chi connectivity index (χ4v) is 2.83. The van der Waals surface area contributed by atoms with Crippen molar-refractivity contribution in [1.29, 1.82) is 0 Å². The normalized spacial score (nSPS) is 22.1. The van der Waals surface area contributed by atoms with Crippen molar-refractivity contribution in [3.8, 4) is 0 Å². The van der Waals surface area contributed by atoms with E-state index in [0.29, 0.717) is 12.2 Å². The van der Waals surface area contributed by atoms with E-state index in [1.165, 1.54) is 37.7 Å². The molecule has 0 amide bonds. The molecule has 1 aromatic carbocycles. The molecule has 20 heavy (non-hydrogen) atoms. The molecule has 0 unspecified atom stereocenters. The first-order valence-electron chi connectivity index (χ1n) is 8.24. The highest BCUT2D eigenvalue weighted by atomic mass is 16.5. The van der Waals surface area contributed by atoms with Gasteiger partial charge in [0.05, 0.1) is 12.2 Å². The Hall–Kier alpha value is -1.08. The van der Waals surface area contributed by atoms with Crippen LogP contribution in [0.25, 0.3) is 0 Å². The van der Waals surface area contributed by atoms with Gasteiger partial charge in [-0.05, 0) is 31.2 Å². The minimum absolute atomic E-state index is 0.320. The van der Waals surface area contributed by atoms with Crippen molar-refractivity contribution in [3.05, 3.63) is 48.0 Å². The molecule has 1 aliphatic rings. The van der Waals surface area contributed by atoms with Crippen molar-refractivity contribution in [2.24, 2.45) is 0 Å². The fourth-order valence-electron chi connectivity index (χ4n) is 2.83. The molecule has 0 fully saturated rings. The van der Waals surface area contributed by atoms with E-state index >= 15 is 0 Å². The Morgan fingerprint density at radius 2 is 1.90 bits per heavy atom. The molecule has 1 nitrogen and oxygen atoms in total. The Labute approximate surface area is 124 Å². The third-order valence-corrected chi connectivity index (χ3v) is 4.06. The molecular formula is C19H28O. The predicted octanol–water partition coefficient (Wildman–Crippen LogP) is 5.30. The Bertz CT molecular complexity index is 382. The highest BCUT2D eigenvalue weighted by molar-refractivity contribution is 5.15. The van der Waals surface area contributed by atoms with Crippen LogP contribution in [0.1, 0.15) is 57.4 Å². The summed E-state index contributed by atoms with van der Waals surface area (Å²) in [5.41, 5.74) is 1.41. The summed E-state index contributed by atoms with van der Waals surface area (Å²) in [6.07, 6.45) is 15.2. The molecule has 0 spiro atoms. The molecule has 0 saturated heterocycles. The van der Waals surface area contributed by atoms with E-state index in [2.05, 4.69) is 49.4 Å². The average molecular weight is 272 g/mol. The molecule has 0 bridgehead atoms. The monoisotopic (exact) mass is 272 g/mol. The summed E-state index contributed by atoms with van der Waals surface area (Å²) < 4.78 is 6.20. The van der Waals surface area contributed by atoms with Crippen LogP contribution in [0.15, 0.2) is 42.5 Å². The van der Waals surface area contributed by atoms with E-state index in [1.54, 1.807) is 0 Å². The summed E-state index contributed by atoms with van der Waals surface area (Å²) >= 11 is 0. The lowest BCUT2D eigenvalue weighted by Crippen LogP contribution is -2.24. The van der Waals surface area contributed by atoms with Crippen LogP contribution in [0.5, 0.6) is 0 Å². The molecule has 1 heterocycles. The van der Waals surface area contributed by atoms with Crippen LogP contribution in [0.2, 0.25) is 0 Å². The van der Waals surface area contributed by atoms with Gasteiger partial charge in [0.1, 0.15) is 0 Å². The Morgan fingerprint density at radius 3 is 2.70 bits per heavy atom. The Morgan fingerprint density at radius 1 is 1.05 bits per heavy atom. The van der Waals surface area contributed by atoms with Crippen LogP contribution in [-0.2, 0) is 11.2 Å². The number of rotatable bonds is 8. The van der Waals surface area contributed by atoms with Gasteiger partial charge in [-0.2, -0.15) is 0 Å². The van der Waals surface area contributed by atoms with Gasteiger partial charge in [-0.1, -0.05) is 75.1 Å². The minimum atomic E-state index is 0.320. The fraction of sp³-hybridized carbons (Fsp3) is 0.579. The van der Waals surface area contributed by atoms with E-state index in [9.17, 15) is 0 Å². The molecule has 2 atom stereocenters. The molecule has 1 aliphatic heterocycles. The van der Waals surface area contributed by atoms with Gasteiger partial charge in [0, 0.05) is 0 Å². The molecule has 1 aromatic rings. The number of unbranched alkanes of at least 4 members (excludes halogenated alkanes) is 3. The molecular weight excluding hydrogens is 244 g/mol. The third kappa shape index (κ3) is 5.50. The van der Waals surface area contributed by atoms with Crippen LogP contribution in [0, 0.1) is 0 Å². The zero-order chi connectivity index (χ0) is 14.0. The van der Waals surface area contributed by atoms with Crippen molar-refractivity contribution in [2.75, 3.05) is 0 Å². The quantitative estimate of drug-likeness (QED) is 0.460. The van der Waals surface area contributed by atoms with Gasteiger partial charge in [0.2, 0.25) is 0 Å². The minimum Gasteiger partial charge on any atom is -0.371 e. The van der Waals surface area contributed by atoms with Gasteiger partial charge in [0.25, 0.3) is 0 Å². The summed E-state index contributed by atoms with van der Waals surface area (Å²) in [5.74, 6) is 0. The van der Waals surface area contributed by atoms with E-state index in [0.717, 1.165) is 19.3 Å². The lowest BCUT2D eigenvalue weighted by Gasteiger charge is -2.26. The summed E-state index contributed by atoms with van der Waals surface area (Å²) in [6, 6.07) is 10.7. The van der Waals surface area contributed by atoms with Crippen LogP contribution < -0.4 is 0 Å². The van der Waals surface area contributed by atoms with E-state index < -0.39 is 0 Å².